The van der Waals surface area contributed by atoms with Crippen molar-refractivity contribution in [1.29, 1.82) is 0 Å². The van der Waals surface area contributed by atoms with E-state index < -0.39 is 5.54 Å². The molecule has 2 aliphatic heterocycles. The van der Waals surface area contributed by atoms with E-state index in [1.807, 2.05) is 47.4 Å². The molecule has 0 bridgehead atoms. The first-order valence-electron chi connectivity index (χ1n) is 14.6. The summed E-state index contributed by atoms with van der Waals surface area (Å²) in [4.78, 5) is 21.0. The number of fused-ring (bicyclic) bond motifs is 6. The number of hydrogen-bond donors (Lipinski definition) is 0. The summed E-state index contributed by atoms with van der Waals surface area (Å²) in [6.45, 7) is 12.2. The van der Waals surface area contributed by atoms with Gasteiger partial charge in [-0.25, -0.2) is 0 Å². The highest BCUT2D eigenvalue weighted by atomic mass is 16.5. The van der Waals surface area contributed by atoms with E-state index in [1.54, 1.807) is 7.11 Å². The van der Waals surface area contributed by atoms with Crippen molar-refractivity contribution in [3.05, 3.63) is 107 Å². The lowest BCUT2D eigenvalue weighted by atomic mass is 9.74. The Hall–Kier alpha value is -4.45. The van der Waals surface area contributed by atoms with Crippen LogP contribution in [-0.4, -0.2) is 39.2 Å². The fourth-order valence-electron chi connectivity index (χ4n) is 6.57. The summed E-state index contributed by atoms with van der Waals surface area (Å²) in [6.07, 6.45) is 0. The van der Waals surface area contributed by atoms with Gasteiger partial charge in [0.15, 0.2) is 0 Å². The van der Waals surface area contributed by atoms with Crippen molar-refractivity contribution in [3.63, 3.8) is 0 Å². The molecule has 4 aromatic carbocycles. The van der Waals surface area contributed by atoms with E-state index in [4.69, 9.17) is 9.47 Å². The van der Waals surface area contributed by atoms with Gasteiger partial charge in [0, 0.05) is 77.6 Å². The second-order valence-corrected chi connectivity index (χ2v) is 10.4. The van der Waals surface area contributed by atoms with E-state index in [1.165, 1.54) is 0 Å². The Bertz CT molecular complexity index is 1530. The molecule has 0 radical (unpaired) electrons. The van der Waals surface area contributed by atoms with Crippen LogP contribution < -0.4 is 24.2 Å². The summed E-state index contributed by atoms with van der Waals surface area (Å²) in [5.41, 5.74) is 5.64. The van der Waals surface area contributed by atoms with Crippen LogP contribution in [0.5, 0.6) is 17.2 Å². The van der Waals surface area contributed by atoms with Crippen LogP contribution in [0.3, 0.4) is 0 Å². The third-order valence-corrected chi connectivity index (χ3v) is 8.60. The number of ether oxygens (including phenoxy) is 2. The van der Waals surface area contributed by atoms with Crippen molar-refractivity contribution in [2.45, 2.75) is 33.2 Å². The van der Waals surface area contributed by atoms with Gasteiger partial charge in [-0.1, -0.05) is 30.3 Å². The molecule has 0 atom stereocenters. The number of methoxy groups -OCH3 is 1. The zero-order valence-corrected chi connectivity index (χ0v) is 24.5. The molecule has 0 aromatic heterocycles. The van der Waals surface area contributed by atoms with Crippen LogP contribution in [0.2, 0.25) is 0 Å². The van der Waals surface area contributed by atoms with Gasteiger partial charge in [0.2, 0.25) is 0 Å². The first-order valence-corrected chi connectivity index (χ1v) is 14.6. The number of amides is 1. The molecule has 6 nitrogen and oxygen atoms in total. The number of carbonyl (C=O) groups is 1. The van der Waals surface area contributed by atoms with Crippen molar-refractivity contribution in [2.75, 3.05) is 48.0 Å². The normalized spacial score (nSPS) is 14.3. The van der Waals surface area contributed by atoms with Crippen LogP contribution in [0.4, 0.5) is 17.1 Å². The third-order valence-electron chi connectivity index (χ3n) is 8.60. The molecule has 41 heavy (non-hydrogen) atoms. The highest BCUT2D eigenvalue weighted by Gasteiger charge is 2.57. The lowest BCUT2D eigenvalue weighted by molar-refractivity contribution is 0.0985. The molecular weight excluding hydrogens is 510 g/mol. The molecule has 0 saturated carbocycles. The topological polar surface area (TPSA) is 45.2 Å². The molecule has 6 heteroatoms. The minimum absolute atomic E-state index is 0.0368. The Balaban J connectivity index is 1.68. The maximum Gasteiger partial charge on any atom is 0.260 e. The first kappa shape index (κ1) is 26.8. The number of anilines is 3. The first-order chi connectivity index (χ1) is 20.0. The largest absolute Gasteiger partial charge is 0.497 e. The number of benzene rings is 4. The monoisotopic (exact) mass is 547 g/mol. The summed E-state index contributed by atoms with van der Waals surface area (Å²) in [7, 11) is 1.65. The number of rotatable bonds is 8. The van der Waals surface area contributed by atoms with Crippen LogP contribution >= 0.6 is 0 Å². The smallest absolute Gasteiger partial charge is 0.260 e. The molecule has 0 fully saturated rings. The molecule has 0 unspecified atom stereocenters. The van der Waals surface area contributed by atoms with Crippen molar-refractivity contribution < 1.29 is 14.3 Å². The maximum absolute atomic E-state index is 14.4. The molecule has 0 saturated heterocycles. The summed E-state index contributed by atoms with van der Waals surface area (Å²) in [5, 5.41) is 0. The molecule has 6 rings (SSSR count). The van der Waals surface area contributed by atoms with Gasteiger partial charge in [0.05, 0.1) is 7.11 Å². The lowest BCUT2D eigenvalue weighted by Gasteiger charge is -2.44. The van der Waals surface area contributed by atoms with Gasteiger partial charge in [-0.05, 0) is 70.2 Å². The molecule has 2 aliphatic rings. The number of nitrogens with zero attached hydrogens (tertiary/aromatic N) is 3. The summed E-state index contributed by atoms with van der Waals surface area (Å²) >= 11 is 0. The Labute approximate surface area is 242 Å². The van der Waals surface area contributed by atoms with Crippen LogP contribution in [0.15, 0.2) is 84.9 Å². The van der Waals surface area contributed by atoms with E-state index >= 15 is 0 Å². The molecular formula is C35H37N3O3. The van der Waals surface area contributed by atoms with E-state index in [9.17, 15) is 4.79 Å². The third kappa shape index (κ3) is 3.96. The fraction of sp³-hybridized carbons (Fsp3) is 0.286. The van der Waals surface area contributed by atoms with E-state index in [0.29, 0.717) is 5.56 Å². The highest BCUT2D eigenvalue weighted by molar-refractivity contribution is 6.14. The average molecular weight is 548 g/mol. The average Bonchev–Trinajstić information content (AvgIpc) is 3.27. The molecule has 1 amide bonds. The van der Waals surface area contributed by atoms with Gasteiger partial charge in [-0.2, -0.15) is 0 Å². The quantitative estimate of drug-likeness (QED) is 0.229. The molecule has 4 aromatic rings. The Morgan fingerprint density at radius 2 is 1.24 bits per heavy atom. The van der Waals surface area contributed by atoms with Gasteiger partial charge in [0.25, 0.3) is 5.91 Å². The maximum atomic E-state index is 14.4. The minimum atomic E-state index is -0.908. The lowest BCUT2D eigenvalue weighted by Crippen LogP contribution is -2.47. The van der Waals surface area contributed by atoms with Crippen LogP contribution in [0, 0.1) is 0 Å². The standard InChI is InChI=1S/C35H37N3O3/c1-6-36(7-2)25-16-20-30-32(22-25)41-33-23-26(37(8-3)9-4)17-21-31(33)35(30)29-13-11-10-12-28(29)34(39)38(35)24-14-18-27(40-5)19-15-24/h10-23H,6-9H2,1-5H3. The predicted octanol–water partition coefficient (Wildman–Crippen LogP) is 7.45. The number of hydrogen-bond acceptors (Lipinski definition) is 5. The van der Waals surface area contributed by atoms with Crippen LogP contribution in [0.1, 0.15) is 54.7 Å². The summed E-state index contributed by atoms with van der Waals surface area (Å²) in [5.74, 6) is 2.24. The minimum Gasteiger partial charge on any atom is -0.497 e. The van der Waals surface area contributed by atoms with E-state index in [-0.39, 0.29) is 5.91 Å². The Morgan fingerprint density at radius 3 is 1.76 bits per heavy atom. The molecule has 0 N–H and O–H groups in total. The van der Waals surface area contributed by atoms with E-state index in [0.717, 1.165) is 77.2 Å². The number of carbonyl (C=O) groups excluding carboxylic acids is 1. The Kier molecular flexibility index (Phi) is 6.86. The van der Waals surface area contributed by atoms with Crippen molar-refractivity contribution in [3.8, 4) is 17.2 Å². The molecule has 1 spiro atoms. The zero-order chi connectivity index (χ0) is 28.7. The second kappa shape index (κ2) is 10.5. The SMILES string of the molecule is CCN(CC)c1ccc2c(c1)Oc1cc(N(CC)CC)ccc1C21c2ccccc2C(=O)N1c1ccc(OC)cc1. The van der Waals surface area contributed by atoms with Crippen molar-refractivity contribution in [2.24, 2.45) is 0 Å². The zero-order valence-electron chi connectivity index (χ0n) is 24.5. The van der Waals surface area contributed by atoms with Gasteiger partial charge >= 0.3 is 0 Å². The van der Waals surface area contributed by atoms with Gasteiger partial charge in [-0.3, -0.25) is 9.69 Å². The van der Waals surface area contributed by atoms with Crippen LogP contribution in [-0.2, 0) is 5.54 Å². The van der Waals surface area contributed by atoms with E-state index in [2.05, 4.69) is 80.0 Å². The Morgan fingerprint density at radius 1 is 0.707 bits per heavy atom. The summed E-state index contributed by atoms with van der Waals surface area (Å²) in [6, 6.07) is 28.6. The highest BCUT2D eigenvalue weighted by Crippen LogP contribution is 2.59. The molecule has 210 valence electrons. The van der Waals surface area contributed by atoms with Gasteiger partial charge in [0.1, 0.15) is 22.8 Å². The molecule has 2 heterocycles. The molecule has 0 aliphatic carbocycles. The fourth-order valence-corrected chi connectivity index (χ4v) is 6.57. The van der Waals surface area contributed by atoms with Gasteiger partial charge < -0.3 is 19.3 Å². The predicted molar refractivity (Wildman–Crippen MR) is 166 cm³/mol. The van der Waals surface area contributed by atoms with Gasteiger partial charge in [-0.15, -0.1) is 0 Å². The van der Waals surface area contributed by atoms with Crippen LogP contribution in [0.25, 0.3) is 0 Å². The summed E-state index contributed by atoms with van der Waals surface area (Å²) < 4.78 is 12.2. The van der Waals surface area contributed by atoms with Crippen molar-refractivity contribution >= 4 is 23.0 Å². The second-order valence-electron chi connectivity index (χ2n) is 10.4. The van der Waals surface area contributed by atoms with Crippen molar-refractivity contribution in [1.82, 2.24) is 0 Å².